The van der Waals surface area contributed by atoms with Crippen molar-refractivity contribution in [3.63, 3.8) is 0 Å². The minimum atomic E-state index is 0.597. The third-order valence-corrected chi connectivity index (χ3v) is 6.96. The normalized spacial score (nSPS) is 16.6. The minimum absolute atomic E-state index is 0.597. The van der Waals surface area contributed by atoms with Gasteiger partial charge < -0.3 is 25.6 Å². The third kappa shape index (κ3) is 7.30. The third-order valence-electron chi connectivity index (χ3n) is 6.73. The van der Waals surface area contributed by atoms with E-state index in [2.05, 4.69) is 35.7 Å². The Morgan fingerprint density at radius 3 is 2.41 bits per heavy atom. The first-order valence-corrected chi connectivity index (χ1v) is 13.7. The van der Waals surface area contributed by atoms with Crippen molar-refractivity contribution in [1.29, 1.82) is 0 Å². The SMILES string of the molecule is Clc1ccc2c(NCCNc3nc(NCCCN4CCOCC4)nc(N4CCCCC4)n3)ccnc2c1. The highest BCUT2D eigenvalue weighted by molar-refractivity contribution is 6.31. The summed E-state index contributed by atoms with van der Waals surface area (Å²) in [6.45, 7) is 8.89. The summed E-state index contributed by atoms with van der Waals surface area (Å²) in [7, 11) is 0. The number of nitrogens with zero attached hydrogens (tertiary/aromatic N) is 6. The van der Waals surface area contributed by atoms with Crippen LogP contribution in [-0.2, 0) is 4.74 Å². The Bertz CT molecular complexity index is 1150. The molecular weight excluding hydrogens is 490 g/mol. The smallest absolute Gasteiger partial charge is 0.231 e. The first-order chi connectivity index (χ1) is 18.2. The Balaban J connectivity index is 1.18. The van der Waals surface area contributed by atoms with E-state index >= 15 is 0 Å². The van der Waals surface area contributed by atoms with E-state index in [4.69, 9.17) is 26.3 Å². The zero-order chi connectivity index (χ0) is 25.3. The molecule has 0 amide bonds. The maximum Gasteiger partial charge on any atom is 0.231 e. The summed E-state index contributed by atoms with van der Waals surface area (Å²) in [4.78, 5) is 23.3. The predicted octanol–water partition coefficient (Wildman–Crippen LogP) is 3.72. The highest BCUT2D eigenvalue weighted by Crippen LogP contribution is 2.24. The number of aromatic nitrogens is 4. The van der Waals surface area contributed by atoms with Gasteiger partial charge in [-0.05, 0) is 56.5 Å². The number of hydrogen-bond donors (Lipinski definition) is 3. The van der Waals surface area contributed by atoms with Crippen LogP contribution in [0.1, 0.15) is 25.7 Å². The molecule has 0 aliphatic carbocycles. The van der Waals surface area contributed by atoms with Crippen LogP contribution in [0.3, 0.4) is 0 Å². The Labute approximate surface area is 223 Å². The lowest BCUT2D eigenvalue weighted by molar-refractivity contribution is 0.0378. The molecule has 2 aliphatic rings. The van der Waals surface area contributed by atoms with Gasteiger partial charge in [-0.3, -0.25) is 9.88 Å². The molecule has 2 fully saturated rings. The zero-order valence-corrected chi connectivity index (χ0v) is 22.0. The largest absolute Gasteiger partial charge is 0.383 e. The van der Waals surface area contributed by atoms with Crippen LogP contribution in [0.15, 0.2) is 30.5 Å². The molecule has 1 aromatic carbocycles. The Kier molecular flexibility index (Phi) is 9.04. The van der Waals surface area contributed by atoms with Crippen LogP contribution in [0.25, 0.3) is 10.9 Å². The lowest BCUT2D eigenvalue weighted by Gasteiger charge is -2.27. The number of morpholine rings is 1. The molecule has 4 heterocycles. The van der Waals surface area contributed by atoms with Gasteiger partial charge in [0.05, 0.1) is 18.7 Å². The van der Waals surface area contributed by atoms with E-state index in [0.717, 1.165) is 81.4 Å². The van der Waals surface area contributed by atoms with Gasteiger partial charge in [0.25, 0.3) is 0 Å². The van der Waals surface area contributed by atoms with Crippen molar-refractivity contribution in [2.75, 3.05) is 86.4 Å². The summed E-state index contributed by atoms with van der Waals surface area (Å²) in [5, 5.41) is 12.0. The highest BCUT2D eigenvalue weighted by Gasteiger charge is 2.16. The van der Waals surface area contributed by atoms with Crippen LogP contribution >= 0.6 is 11.6 Å². The minimum Gasteiger partial charge on any atom is -0.383 e. The second-order valence-corrected chi connectivity index (χ2v) is 9.87. The summed E-state index contributed by atoms with van der Waals surface area (Å²) in [6, 6.07) is 7.74. The number of hydrogen-bond acceptors (Lipinski definition) is 10. The number of nitrogens with one attached hydrogen (secondary N) is 3. The van der Waals surface area contributed by atoms with Crippen molar-refractivity contribution in [3.8, 4) is 0 Å². The van der Waals surface area contributed by atoms with Crippen LogP contribution in [0.4, 0.5) is 23.5 Å². The number of fused-ring (bicyclic) bond motifs is 1. The molecule has 0 saturated carbocycles. The molecule has 2 saturated heterocycles. The molecule has 0 atom stereocenters. The van der Waals surface area contributed by atoms with Gasteiger partial charge in [-0.15, -0.1) is 0 Å². The van der Waals surface area contributed by atoms with E-state index in [1.54, 1.807) is 6.20 Å². The van der Waals surface area contributed by atoms with E-state index in [-0.39, 0.29) is 0 Å². The Hall–Kier alpha value is -2.95. The number of benzene rings is 1. The summed E-state index contributed by atoms with van der Waals surface area (Å²) >= 11 is 6.12. The summed E-state index contributed by atoms with van der Waals surface area (Å²) in [5.74, 6) is 1.97. The molecule has 11 heteroatoms. The van der Waals surface area contributed by atoms with Crippen molar-refractivity contribution in [2.24, 2.45) is 0 Å². The highest BCUT2D eigenvalue weighted by atomic mass is 35.5. The van der Waals surface area contributed by atoms with E-state index in [1.807, 2.05) is 24.3 Å². The summed E-state index contributed by atoms with van der Waals surface area (Å²) in [5.41, 5.74) is 1.90. The molecule has 2 aromatic heterocycles. The molecule has 5 rings (SSSR count). The van der Waals surface area contributed by atoms with Gasteiger partial charge in [0.1, 0.15) is 0 Å². The number of pyridine rings is 1. The molecule has 0 unspecified atom stereocenters. The first kappa shape index (κ1) is 25.7. The quantitative estimate of drug-likeness (QED) is 0.321. The van der Waals surface area contributed by atoms with Gasteiger partial charge in [0.15, 0.2) is 0 Å². The number of ether oxygens (including phenoxy) is 1. The summed E-state index contributed by atoms with van der Waals surface area (Å²) in [6.07, 6.45) is 6.43. The zero-order valence-electron chi connectivity index (χ0n) is 21.3. The van der Waals surface area contributed by atoms with Gasteiger partial charge in [-0.25, -0.2) is 0 Å². The second-order valence-electron chi connectivity index (χ2n) is 9.44. The molecule has 2 aliphatic heterocycles. The average molecular weight is 526 g/mol. The van der Waals surface area contributed by atoms with Gasteiger partial charge >= 0.3 is 0 Å². The van der Waals surface area contributed by atoms with E-state index in [9.17, 15) is 0 Å². The molecule has 0 bridgehead atoms. The van der Waals surface area contributed by atoms with Crippen molar-refractivity contribution in [3.05, 3.63) is 35.5 Å². The average Bonchev–Trinajstić information content (AvgIpc) is 2.94. The molecule has 37 heavy (non-hydrogen) atoms. The van der Waals surface area contributed by atoms with E-state index < -0.39 is 0 Å². The standard InChI is InChI=1S/C26H36ClN9O/c27-20-5-6-21-22(7-9-28-23(21)19-20)29-10-11-31-25-32-24(30-8-4-12-35-15-17-37-18-16-35)33-26(34-25)36-13-2-1-3-14-36/h5-7,9,19H,1-4,8,10-18H2,(H,28,29)(H2,30,31,32,33,34). The Morgan fingerprint density at radius 1 is 0.838 bits per heavy atom. The molecule has 3 aromatic rings. The monoisotopic (exact) mass is 525 g/mol. The van der Waals surface area contributed by atoms with Crippen molar-refractivity contribution in [1.82, 2.24) is 24.8 Å². The van der Waals surface area contributed by atoms with Crippen LogP contribution in [-0.4, -0.2) is 90.4 Å². The summed E-state index contributed by atoms with van der Waals surface area (Å²) < 4.78 is 5.44. The van der Waals surface area contributed by atoms with Crippen molar-refractivity contribution >= 4 is 46.0 Å². The van der Waals surface area contributed by atoms with Gasteiger partial charge in [0, 0.05) is 68.1 Å². The van der Waals surface area contributed by atoms with Crippen LogP contribution in [0.5, 0.6) is 0 Å². The van der Waals surface area contributed by atoms with Gasteiger partial charge in [0.2, 0.25) is 17.8 Å². The van der Waals surface area contributed by atoms with Gasteiger partial charge in [-0.1, -0.05) is 11.6 Å². The van der Waals surface area contributed by atoms with Crippen LogP contribution in [0.2, 0.25) is 5.02 Å². The number of anilines is 4. The fourth-order valence-corrected chi connectivity index (χ4v) is 4.90. The lowest BCUT2D eigenvalue weighted by Crippen LogP contribution is -2.37. The second kappa shape index (κ2) is 13.0. The van der Waals surface area contributed by atoms with Crippen molar-refractivity contribution in [2.45, 2.75) is 25.7 Å². The van der Waals surface area contributed by atoms with E-state index in [0.29, 0.717) is 30.0 Å². The molecule has 10 nitrogen and oxygen atoms in total. The molecule has 0 spiro atoms. The maximum absolute atomic E-state index is 6.12. The predicted molar refractivity (Wildman–Crippen MR) is 150 cm³/mol. The molecule has 3 N–H and O–H groups in total. The lowest BCUT2D eigenvalue weighted by atomic mass is 10.1. The van der Waals surface area contributed by atoms with E-state index in [1.165, 1.54) is 19.3 Å². The van der Waals surface area contributed by atoms with Crippen LogP contribution < -0.4 is 20.9 Å². The molecular formula is C26H36ClN9O. The number of halogens is 1. The topological polar surface area (TPSA) is 103 Å². The number of rotatable bonds is 11. The first-order valence-electron chi connectivity index (χ1n) is 13.3. The number of piperidine rings is 1. The van der Waals surface area contributed by atoms with Gasteiger partial charge in [-0.2, -0.15) is 15.0 Å². The fraction of sp³-hybridized carbons (Fsp3) is 0.538. The van der Waals surface area contributed by atoms with Crippen molar-refractivity contribution < 1.29 is 4.74 Å². The molecule has 198 valence electrons. The maximum atomic E-state index is 6.12. The fourth-order valence-electron chi connectivity index (χ4n) is 4.73. The Morgan fingerprint density at radius 2 is 1.59 bits per heavy atom. The van der Waals surface area contributed by atoms with Crippen LogP contribution in [0, 0.1) is 0 Å². The molecule has 0 radical (unpaired) electrons.